The fourth-order valence-electron chi connectivity index (χ4n) is 4.03. The van der Waals surface area contributed by atoms with Crippen LogP contribution in [0.4, 0.5) is 37.9 Å². The molecule has 0 N–H and O–H groups in total. The molecule has 0 unspecified atom stereocenters. The van der Waals surface area contributed by atoms with E-state index in [4.69, 9.17) is 4.74 Å². The number of hydrogen-bond acceptors (Lipinski definition) is 12. The molecule has 12 heteroatoms. The fraction of sp³-hybridized carbons (Fsp3) is 0.286. The van der Waals surface area contributed by atoms with Crippen molar-refractivity contribution in [2.75, 3.05) is 24.6 Å². The number of hydrogen-bond donors (Lipinski definition) is 0. The highest BCUT2D eigenvalue weighted by Crippen LogP contribution is 2.35. The number of aryl methyl sites for hydroxylation is 2. The summed E-state index contributed by atoms with van der Waals surface area (Å²) in [6.07, 6.45) is 3.95. The highest BCUT2D eigenvalue weighted by atomic mass is 32.1. The molecule has 0 saturated carbocycles. The second-order valence-electron chi connectivity index (χ2n) is 9.08. The van der Waals surface area contributed by atoms with Crippen molar-refractivity contribution in [1.29, 1.82) is 0 Å². The molecule has 0 aliphatic carbocycles. The van der Waals surface area contributed by atoms with Gasteiger partial charge >= 0.3 is 5.97 Å². The fourth-order valence-corrected chi connectivity index (χ4v) is 5.54. The molecule has 0 radical (unpaired) electrons. The molecule has 1 aliphatic heterocycles. The maximum absolute atomic E-state index is 11.8. The van der Waals surface area contributed by atoms with E-state index in [2.05, 4.69) is 46.6 Å². The molecule has 204 valence electrons. The van der Waals surface area contributed by atoms with Gasteiger partial charge in [0.25, 0.3) is 0 Å². The quantitative estimate of drug-likeness (QED) is 0.146. The lowest BCUT2D eigenvalue weighted by molar-refractivity contribution is 0.0532. The Hall–Kier alpha value is -4.16. The SMILES string of the molecule is CCOC(=O)c1cnc(N=Nc2ccc(N=Nc3ccc(N=Nc4ccc(N5CCCC5)s4)cc3C)cc2C)s1. The first-order valence-electron chi connectivity index (χ1n) is 12.9. The molecule has 3 heterocycles. The van der Waals surface area contributed by atoms with Crippen molar-refractivity contribution in [3.63, 3.8) is 0 Å². The predicted molar refractivity (Wildman–Crippen MR) is 159 cm³/mol. The summed E-state index contributed by atoms with van der Waals surface area (Å²) in [5.41, 5.74) is 4.75. The topological polar surface area (TPSA) is 117 Å². The third-order valence-electron chi connectivity index (χ3n) is 6.11. The molecule has 0 atom stereocenters. The lowest BCUT2D eigenvalue weighted by Crippen LogP contribution is -2.15. The number of rotatable bonds is 9. The van der Waals surface area contributed by atoms with Crippen LogP contribution in [0.2, 0.25) is 0 Å². The van der Waals surface area contributed by atoms with E-state index in [1.54, 1.807) is 18.3 Å². The van der Waals surface area contributed by atoms with E-state index in [0.717, 1.165) is 51.9 Å². The molecular weight excluding hydrogens is 544 g/mol. The van der Waals surface area contributed by atoms with Crippen molar-refractivity contribution >= 4 is 66.5 Å². The standard InChI is InChI=1S/C28H28N8O2S2/c1-4-38-27(37)24-17-29-28(39-24)35-33-23-10-7-20(15-19(23)3)30-32-22-9-8-21(16-18(22)2)31-34-25-11-12-26(40-25)36-13-5-6-14-36/h7-12,15-17H,4-6,13-14H2,1-3H3. The van der Waals surface area contributed by atoms with Crippen molar-refractivity contribution < 1.29 is 9.53 Å². The number of esters is 1. The van der Waals surface area contributed by atoms with Crippen LogP contribution in [0.5, 0.6) is 0 Å². The second kappa shape index (κ2) is 12.8. The first-order valence-corrected chi connectivity index (χ1v) is 14.6. The number of carbonyl (C=O) groups excluding carboxylic acids is 1. The maximum atomic E-state index is 11.8. The van der Waals surface area contributed by atoms with Crippen molar-refractivity contribution in [3.8, 4) is 0 Å². The Morgan fingerprint density at radius 1 is 0.850 bits per heavy atom. The van der Waals surface area contributed by atoms with Crippen LogP contribution in [0.25, 0.3) is 0 Å². The largest absolute Gasteiger partial charge is 0.462 e. The van der Waals surface area contributed by atoms with Crippen LogP contribution in [0.1, 0.15) is 40.6 Å². The minimum Gasteiger partial charge on any atom is -0.462 e. The van der Waals surface area contributed by atoms with Crippen LogP contribution in [0.15, 0.2) is 85.4 Å². The maximum Gasteiger partial charge on any atom is 0.350 e. The Morgan fingerprint density at radius 2 is 1.50 bits per heavy atom. The molecule has 40 heavy (non-hydrogen) atoms. The summed E-state index contributed by atoms with van der Waals surface area (Å²) in [5.74, 6) is -0.411. The zero-order chi connectivity index (χ0) is 27.9. The summed E-state index contributed by atoms with van der Waals surface area (Å²) in [7, 11) is 0. The van der Waals surface area contributed by atoms with Gasteiger partial charge in [-0.05, 0) is 93.3 Å². The number of thiazole rings is 1. The van der Waals surface area contributed by atoms with Gasteiger partial charge in [0, 0.05) is 13.1 Å². The number of anilines is 1. The number of azo groups is 3. The van der Waals surface area contributed by atoms with Crippen LogP contribution >= 0.6 is 22.7 Å². The Balaban J connectivity index is 1.20. The van der Waals surface area contributed by atoms with Gasteiger partial charge in [0.2, 0.25) is 5.13 Å². The van der Waals surface area contributed by atoms with Gasteiger partial charge in [-0.15, -0.1) is 20.5 Å². The van der Waals surface area contributed by atoms with Gasteiger partial charge in [0.1, 0.15) is 9.88 Å². The van der Waals surface area contributed by atoms with Gasteiger partial charge < -0.3 is 9.64 Å². The summed E-state index contributed by atoms with van der Waals surface area (Å²) in [5, 5.41) is 28.6. The zero-order valence-electron chi connectivity index (χ0n) is 22.4. The summed E-state index contributed by atoms with van der Waals surface area (Å²) in [6.45, 7) is 8.21. The first kappa shape index (κ1) is 27.4. The van der Waals surface area contributed by atoms with E-state index in [0.29, 0.717) is 28.0 Å². The summed E-state index contributed by atoms with van der Waals surface area (Å²) >= 11 is 2.80. The van der Waals surface area contributed by atoms with Gasteiger partial charge in [0.15, 0.2) is 0 Å². The zero-order valence-corrected chi connectivity index (χ0v) is 24.1. The number of nitrogens with zero attached hydrogens (tertiary/aromatic N) is 8. The van der Waals surface area contributed by atoms with Crippen molar-refractivity contribution in [2.24, 2.45) is 30.7 Å². The number of aromatic nitrogens is 1. The van der Waals surface area contributed by atoms with Crippen LogP contribution in [-0.4, -0.2) is 30.6 Å². The predicted octanol–water partition coefficient (Wildman–Crippen LogP) is 9.84. The van der Waals surface area contributed by atoms with Crippen LogP contribution in [0.3, 0.4) is 0 Å². The Labute approximate surface area is 240 Å². The molecule has 4 aromatic rings. The number of benzene rings is 2. The summed E-state index contributed by atoms with van der Waals surface area (Å²) in [4.78, 5) is 18.7. The average molecular weight is 573 g/mol. The number of thiophene rings is 1. The van der Waals surface area contributed by atoms with E-state index in [-0.39, 0.29) is 0 Å². The molecule has 10 nitrogen and oxygen atoms in total. The van der Waals surface area contributed by atoms with Gasteiger partial charge in [-0.2, -0.15) is 10.2 Å². The minimum atomic E-state index is -0.411. The minimum absolute atomic E-state index is 0.309. The highest BCUT2D eigenvalue weighted by molar-refractivity contribution is 7.19. The molecule has 0 bridgehead atoms. The van der Waals surface area contributed by atoms with Crippen molar-refractivity contribution in [3.05, 3.63) is 70.7 Å². The first-order chi connectivity index (χ1) is 19.5. The van der Waals surface area contributed by atoms with E-state index >= 15 is 0 Å². The number of carbonyl (C=O) groups is 1. The van der Waals surface area contributed by atoms with E-state index in [1.807, 2.05) is 56.3 Å². The Bertz CT molecular complexity index is 1580. The van der Waals surface area contributed by atoms with Crippen LogP contribution in [0, 0.1) is 13.8 Å². The molecule has 1 saturated heterocycles. The number of ether oxygens (including phenoxy) is 1. The third kappa shape index (κ3) is 6.88. The lowest BCUT2D eigenvalue weighted by atomic mass is 10.2. The van der Waals surface area contributed by atoms with Crippen molar-refractivity contribution in [1.82, 2.24) is 4.98 Å². The van der Waals surface area contributed by atoms with Gasteiger partial charge in [-0.1, -0.05) is 22.7 Å². The molecule has 0 spiro atoms. The normalized spacial score (nSPS) is 13.8. The summed E-state index contributed by atoms with van der Waals surface area (Å²) < 4.78 is 4.98. The average Bonchev–Trinajstić information content (AvgIpc) is 3.73. The van der Waals surface area contributed by atoms with Crippen LogP contribution in [-0.2, 0) is 4.74 Å². The Kier molecular flexibility index (Phi) is 8.77. The van der Waals surface area contributed by atoms with Crippen molar-refractivity contribution in [2.45, 2.75) is 33.6 Å². The van der Waals surface area contributed by atoms with Gasteiger partial charge in [0.05, 0.1) is 40.6 Å². The third-order valence-corrected chi connectivity index (χ3v) is 8.00. The summed E-state index contributed by atoms with van der Waals surface area (Å²) in [6, 6.07) is 15.4. The molecule has 0 amide bonds. The van der Waals surface area contributed by atoms with E-state index in [1.165, 1.54) is 24.0 Å². The van der Waals surface area contributed by atoms with Gasteiger partial charge in [-0.25, -0.2) is 9.78 Å². The van der Waals surface area contributed by atoms with E-state index in [9.17, 15) is 4.79 Å². The molecule has 1 aliphatic rings. The smallest absolute Gasteiger partial charge is 0.350 e. The molecular formula is C28H28N8O2S2. The second-order valence-corrected chi connectivity index (χ2v) is 11.1. The monoisotopic (exact) mass is 572 g/mol. The molecule has 1 fully saturated rings. The molecule has 2 aromatic heterocycles. The highest BCUT2D eigenvalue weighted by Gasteiger charge is 2.14. The van der Waals surface area contributed by atoms with E-state index < -0.39 is 5.97 Å². The van der Waals surface area contributed by atoms with Crippen LogP contribution < -0.4 is 4.90 Å². The molecule has 2 aromatic carbocycles. The van der Waals surface area contributed by atoms with Gasteiger partial charge in [-0.3, -0.25) is 0 Å². The Morgan fingerprint density at radius 3 is 2.15 bits per heavy atom. The molecule has 5 rings (SSSR count). The lowest BCUT2D eigenvalue weighted by Gasteiger charge is -2.13.